The third-order valence-corrected chi connectivity index (χ3v) is 5.63. The second kappa shape index (κ2) is 9.13. The number of fused-ring (bicyclic) bond motifs is 1. The van der Waals surface area contributed by atoms with Crippen molar-refractivity contribution in [2.45, 2.75) is 19.2 Å². The van der Waals surface area contributed by atoms with E-state index in [1.807, 2.05) is 0 Å². The Morgan fingerprint density at radius 2 is 1.86 bits per heavy atom. The summed E-state index contributed by atoms with van der Waals surface area (Å²) in [7, 11) is 0. The Morgan fingerprint density at radius 1 is 1.11 bits per heavy atom. The number of hydrogen-bond donors (Lipinski definition) is 3. The number of nitrogens with one attached hydrogen (secondary N) is 2. The van der Waals surface area contributed by atoms with Gasteiger partial charge in [0.05, 0.1) is 34.3 Å². The molecule has 2 aromatic carbocycles. The maximum absolute atomic E-state index is 14.9. The fourth-order valence-corrected chi connectivity index (χ4v) is 3.86. The molecule has 0 unspecified atom stereocenters. The van der Waals surface area contributed by atoms with Gasteiger partial charge in [-0.1, -0.05) is 18.2 Å². The number of pyridine rings is 1. The minimum Gasteiger partial charge on any atom is -0.387 e. The molecule has 8 nitrogen and oxygen atoms in total. The molecule has 1 atom stereocenters. The minimum atomic E-state index is -4.88. The summed E-state index contributed by atoms with van der Waals surface area (Å²) in [5, 5.41) is 23.2. The second-order valence-electron chi connectivity index (χ2n) is 8.16. The van der Waals surface area contributed by atoms with Crippen molar-refractivity contribution in [1.29, 1.82) is 0 Å². The number of aliphatic hydroxyl groups is 1. The van der Waals surface area contributed by atoms with Gasteiger partial charge in [0.1, 0.15) is 16.9 Å². The molecule has 3 N–H and O–H groups in total. The zero-order valence-corrected chi connectivity index (χ0v) is 19.1. The maximum atomic E-state index is 14.9. The Kier molecular flexibility index (Phi) is 5.96. The van der Waals surface area contributed by atoms with Gasteiger partial charge >= 0.3 is 6.18 Å². The molecule has 3 aromatic heterocycles. The molecule has 0 aliphatic heterocycles. The van der Waals surface area contributed by atoms with Crippen LogP contribution in [-0.2, 0) is 6.18 Å². The standard InChI is InChI=1S/C25H18F4N6O2/c1-13(36)19-7-8-21-22(31-19)23(35(34-21)14-5-3-2-4-6-14)32-24(37)16-11-15(20-9-10-30-33-20)17(12-18(16)26)25(27,28)29/h2-13,36H,1H3,(H,30,33)(H,32,37)/t13-/m1/s1. The van der Waals surface area contributed by atoms with Crippen molar-refractivity contribution >= 4 is 22.8 Å². The molecule has 0 radical (unpaired) electrons. The van der Waals surface area contributed by atoms with Gasteiger partial charge in [0.15, 0.2) is 5.82 Å². The normalized spacial score (nSPS) is 12.6. The largest absolute Gasteiger partial charge is 0.417 e. The molecular formula is C25H18F4N6O2. The third kappa shape index (κ3) is 4.54. The molecule has 0 saturated carbocycles. The smallest absolute Gasteiger partial charge is 0.387 e. The van der Waals surface area contributed by atoms with Crippen LogP contribution < -0.4 is 5.32 Å². The van der Waals surface area contributed by atoms with Gasteiger partial charge in [0, 0.05) is 11.8 Å². The molecule has 3 heterocycles. The molecule has 0 spiro atoms. The molecule has 12 heteroatoms. The molecule has 5 rings (SSSR count). The van der Waals surface area contributed by atoms with Gasteiger partial charge in [0.25, 0.3) is 5.91 Å². The number of aromatic nitrogens is 5. The van der Waals surface area contributed by atoms with E-state index in [4.69, 9.17) is 0 Å². The lowest BCUT2D eigenvalue weighted by Gasteiger charge is -2.15. The number of H-pyrrole nitrogens is 1. The summed E-state index contributed by atoms with van der Waals surface area (Å²) in [5.41, 5.74) is -1.05. The van der Waals surface area contributed by atoms with Crippen molar-refractivity contribution in [3.63, 3.8) is 0 Å². The van der Waals surface area contributed by atoms with Gasteiger partial charge in [-0.05, 0) is 49.4 Å². The van der Waals surface area contributed by atoms with Crippen LogP contribution in [0.5, 0.6) is 0 Å². The number of benzene rings is 2. The number of aliphatic hydroxyl groups excluding tert-OH is 1. The number of para-hydroxylation sites is 1. The molecule has 188 valence electrons. The van der Waals surface area contributed by atoms with Crippen LogP contribution in [0.25, 0.3) is 28.0 Å². The highest BCUT2D eigenvalue weighted by molar-refractivity contribution is 6.08. The maximum Gasteiger partial charge on any atom is 0.417 e. The summed E-state index contributed by atoms with van der Waals surface area (Å²) in [6.07, 6.45) is -4.49. The van der Waals surface area contributed by atoms with Crippen LogP contribution in [0, 0.1) is 5.82 Å². The van der Waals surface area contributed by atoms with Crippen LogP contribution in [0.3, 0.4) is 0 Å². The van der Waals surface area contributed by atoms with Gasteiger partial charge in [-0.25, -0.2) is 14.1 Å². The Bertz CT molecular complexity index is 1600. The van der Waals surface area contributed by atoms with Crippen LogP contribution in [0.4, 0.5) is 23.4 Å². The van der Waals surface area contributed by atoms with Crippen molar-refractivity contribution < 1.29 is 27.5 Å². The van der Waals surface area contributed by atoms with E-state index in [0.717, 1.165) is 6.07 Å². The van der Waals surface area contributed by atoms with Gasteiger partial charge in [-0.3, -0.25) is 9.89 Å². The van der Waals surface area contributed by atoms with Crippen LogP contribution in [0.1, 0.15) is 34.6 Å². The first-order valence-corrected chi connectivity index (χ1v) is 11.0. The molecular weight excluding hydrogens is 492 g/mol. The monoisotopic (exact) mass is 510 g/mol. The van der Waals surface area contributed by atoms with Gasteiger partial charge in [-0.2, -0.15) is 23.4 Å². The lowest BCUT2D eigenvalue weighted by Crippen LogP contribution is -2.18. The zero-order valence-electron chi connectivity index (χ0n) is 19.1. The number of nitrogens with zero attached hydrogens (tertiary/aromatic N) is 4. The van der Waals surface area contributed by atoms with Gasteiger partial charge < -0.3 is 10.4 Å². The summed E-state index contributed by atoms with van der Waals surface area (Å²) in [4.78, 5) is 17.7. The fraction of sp³-hybridized carbons (Fsp3) is 0.120. The van der Waals surface area contributed by atoms with E-state index in [1.54, 1.807) is 42.5 Å². The Hall–Kier alpha value is -4.58. The van der Waals surface area contributed by atoms with Crippen LogP contribution in [0.2, 0.25) is 0 Å². The lowest BCUT2D eigenvalue weighted by atomic mass is 9.99. The third-order valence-electron chi connectivity index (χ3n) is 5.63. The summed E-state index contributed by atoms with van der Waals surface area (Å²) < 4.78 is 57.2. The highest BCUT2D eigenvalue weighted by Gasteiger charge is 2.36. The minimum absolute atomic E-state index is 0.0503. The van der Waals surface area contributed by atoms with E-state index < -0.39 is 40.7 Å². The number of halogens is 4. The summed E-state index contributed by atoms with van der Waals surface area (Å²) >= 11 is 0. The summed E-state index contributed by atoms with van der Waals surface area (Å²) in [6, 6.07) is 14.2. The summed E-state index contributed by atoms with van der Waals surface area (Å²) in [5.74, 6) is -2.34. The van der Waals surface area contributed by atoms with Crippen LogP contribution >= 0.6 is 0 Å². The average molecular weight is 510 g/mol. The second-order valence-corrected chi connectivity index (χ2v) is 8.16. The van der Waals surface area contributed by atoms with Crippen molar-refractivity contribution in [3.8, 4) is 16.9 Å². The van der Waals surface area contributed by atoms with E-state index in [2.05, 4.69) is 25.6 Å². The number of amides is 1. The summed E-state index contributed by atoms with van der Waals surface area (Å²) in [6.45, 7) is 1.52. The van der Waals surface area contributed by atoms with Crippen molar-refractivity contribution in [2.24, 2.45) is 0 Å². The number of carbonyl (C=O) groups excluding carboxylic acids is 1. The molecule has 0 fully saturated rings. The Balaban J connectivity index is 1.65. The number of carbonyl (C=O) groups is 1. The predicted molar refractivity (Wildman–Crippen MR) is 126 cm³/mol. The molecule has 0 bridgehead atoms. The first-order valence-electron chi connectivity index (χ1n) is 11.0. The number of rotatable bonds is 5. The van der Waals surface area contributed by atoms with E-state index in [9.17, 15) is 27.5 Å². The lowest BCUT2D eigenvalue weighted by molar-refractivity contribution is -0.137. The van der Waals surface area contributed by atoms with Crippen molar-refractivity contribution in [1.82, 2.24) is 25.0 Å². The highest BCUT2D eigenvalue weighted by Crippen LogP contribution is 2.38. The molecule has 37 heavy (non-hydrogen) atoms. The number of anilines is 1. The first kappa shape index (κ1) is 24.1. The number of aromatic amines is 1. The van der Waals surface area contributed by atoms with E-state index in [0.29, 0.717) is 16.9 Å². The SMILES string of the molecule is C[C@@H](O)c1ccc2nn(-c3ccccc3)c(NC(=O)c3cc(-c4cc[nH]n4)c(C(F)(F)F)cc3F)c2n1. The predicted octanol–water partition coefficient (Wildman–Crippen LogP) is 5.27. The van der Waals surface area contributed by atoms with E-state index in [1.165, 1.54) is 23.9 Å². The van der Waals surface area contributed by atoms with Gasteiger partial charge in [0.2, 0.25) is 0 Å². The fourth-order valence-electron chi connectivity index (χ4n) is 3.86. The highest BCUT2D eigenvalue weighted by atomic mass is 19.4. The number of alkyl halides is 3. The zero-order chi connectivity index (χ0) is 26.3. The molecule has 0 aliphatic rings. The van der Waals surface area contributed by atoms with E-state index in [-0.39, 0.29) is 23.1 Å². The first-order chi connectivity index (χ1) is 17.6. The van der Waals surface area contributed by atoms with Crippen molar-refractivity contribution in [2.75, 3.05) is 5.32 Å². The average Bonchev–Trinajstić information content (AvgIpc) is 3.52. The Morgan fingerprint density at radius 3 is 2.51 bits per heavy atom. The van der Waals surface area contributed by atoms with Crippen LogP contribution in [-0.4, -0.2) is 36.0 Å². The molecule has 0 saturated heterocycles. The van der Waals surface area contributed by atoms with E-state index >= 15 is 0 Å². The quantitative estimate of drug-likeness (QED) is 0.279. The number of hydrogen-bond acceptors (Lipinski definition) is 5. The topological polar surface area (TPSA) is 109 Å². The molecule has 1 amide bonds. The Labute approximate surface area is 206 Å². The van der Waals surface area contributed by atoms with Crippen LogP contribution in [0.15, 0.2) is 66.9 Å². The van der Waals surface area contributed by atoms with Gasteiger partial charge in [-0.15, -0.1) is 0 Å². The molecule has 5 aromatic rings. The molecule has 0 aliphatic carbocycles. The van der Waals surface area contributed by atoms with Crippen molar-refractivity contribution in [3.05, 3.63) is 89.5 Å².